The minimum atomic E-state index is -0.486. The van der Waals surface area contributed by atoms with Crippen LogP contribution in [0.1, 0.15) is 76.0 Å². The Kier molecular flexibility index (Phi) is 8.89. The molecule has 0 radical (unpaired) electrons. The number of methoxy groups -OCH3 is 1. The Balaban J connectivity index is 0.000000392. The van der Waals surface area contributed by atoms with E-state index in [1.165, 1.54) is 33.3 Å². The first kappa shape index (κ1) is 27.4. The summed E-state index contributed by atoms with van der Waals surface area (Å²) in [5.74, 6) is 0.954. The number of nitrogens with zero attached hydrogens (tertiary/aromatic N) is 4. The highest BCUT2D eigenvalue weighted by Crippen LogP contribution is 2.30. The summed E-state index contributed by atoms with van der Waals surface area (Å²) in [6.07, 6.45) is 5.84. The topological polar surface area (TPSA) is 134 Å². The number of hydrogen-bond acceptors (Lipinski definition) is 10. The quantitative estimate of drug-likeness (QED) is 0.523. The van der Waals surface area contributed by atoms with E-state index in [1.807, 2.05) is 40.8 Å². The zero-order valence-electron chi connectivity index (χ0n) is 22.3. The van der Waals surface area contributed by atoms with Gasteiger partial charge in [0.2, 0.25) is 5.95 Å². The molecule has 2 aliphatic rings. The summed E-state index contributed by atoms with van der Waals surface area (Å²) >= 11 is 0. The molecule has 0 aromatic carbocycles. The second-order valence-corrected chi connectivity index (χ2v) is 10.4. The molecule has 11 nitrogen and oxygen atoms in total. The Morgan fingerprint density at radius 2 is 1.78 bits per heavy atom. The number of nitrogens with one attached hydrogen (secondary N) is 3. The SMILES string of the molecule is CC(=O)OC(C)(C)C.COC(=O)c1cc(Nc2cc(C)[nH]n2)nc(N(C)C2C[C@H]3CCC[C@@H](C2)N3)n1. The van der Waals surface area contributed by atoms with Gasteiger partial charge in [0.25, 0.3) is 0 Å². The number of carbonyl (C=O) groups is 2. The van der Waals surface area contributed by atoms with E-state index in [9.17, 15) is 9.59 Å². The van der Waals surface area contributed by atoms with Gasteiger partial charge in [-0.25, -0.2) is 9.78 Å². The number of fused-ring (bicyclic) bond motifs is 2. The number of aromatic amines is 1. The zero-order chi connectivity index (χ0) is 26.5. The number of ether oxygens (including phenoxy) is 2. The maximum Gasteiger partial charge on any atom is 0.356 e. The highest BCUT2D eigenvalue weighted by Gasteiger charge is 2.34. The summed E-state index contributed by atoms with van der Waals surface area (Å²) in [5, 5.41) is 13.9. The van der Waals surface area contributed by atoms with Crippen molar-refractivity contribution < 1.29 is 19.1 Å². The molecule has 2 fully saturated rings. The average Bonchev–Trinajstić information content (AvgIpc) is 3.20. The zero-order valence-corrected chi connectivity index (χ0v) is 22.3. The van der Waals surface area contributed by atoms with E-state index < -0.39 is 5.97 Å². The van der Waals surface area contributed by atoms with Gasteiger partial charge in [-0.05, 0) is 53.4 Å². The van der Waals surface area contributed by atoms with Gasteiger partial charge in [0.1, 0.15) is 11.4 Å². The number of piperidine rings is 2. The first-order valence-electron chi connectivity index (χ1n) is 12.4. The van der Waals surface area contributed by atoms with Gasteiger partial charge in [-0.2, -0.15) is 10.1 Å². The van der Waals surface area contributed by atoms with Crippen molar-refractivity contribution >= 4 is 29.5 Å². The fourth-order valence-corrected chi connectivity index (χ4v) is 4.62. The van der Waals surface area contributed by atoms with Crippen LogP contribution < -0.4 is 15.5 Å². The first-order valence-corrected chi connectivity index (χ1v) is 12.4. The van der Waals surface area contributed by atoms with Crippen molar-refractivity contribution in [2.45, 2.75) is 90.4 Å². The first-order chi connectivity index (χ1) is 16.9. The number of anilines is 3. The standard InChI is InChI=1S/C19H27N7O2.C6H12O2/c1-11-7-17(25-24-11)22-16-10-15(18(27)28-3)21-19(23-16)26(2)14-8-12-5-4-6-13(9-14)20-12;1-5(7)8-6(2,3)4/h7,10,12-14,20H,4-6,8-9H2,1-3H3,(H2,21,22,23,24,25);1-4H3/t12-,13+,14?;. The molecule has 3 atom stereocenters. The molecule has 1 unspecified atom stereocenters. The van der Waals surface area contributed by atoms with E-state index in [-0.39, 0.29) is 17.3 Å². The molecule has 2 bridgehead atoms. The van der Waals surface area contributed by atoms with Gasteiger partial charge >= 0.3 is 11.9 Å². The van der Waals surface area contributed by atoms with Crippen molar-refractivity contribution in [2.24, 2.45) is 0 Å². The highest BCUT2D eigenvalue weighted by molar-refractivity contribution is 5.88. The van der Waals surface area contributed by atoms with E-state index in [0.29, 0.717) is 35.7 Å². The predicted molar refractivity (Wildman–Crippen MR) is 137 cm³/mol. The molecule has 0 spiro atoms. The van der Waals surface area contributed by atoms with Crippen LogP contribution in [0.2, 0.25) is 0 Å². The predicted octanol–water partition coefficient (Wildman–Crippen LogP) is 3.50. The fraction of sp³-hybridized carbons (Fsp3) is 0.640. The Bertz CT molecular complexity index is 1040. The van der Waals surface area contributed by atoms with Crippen LogP contribution in [-0.2, 0) is 14.3 Å². The van der Waals surface area contributed by atoms with Gasteiger partial charge < -0.3 is 25.0 Å². The van der Waals surface area contributed by atoms with Crippen molar-refractivity contribution in [3.8, 4) is 0 Å². The van der Waals surface area contributed by atoms with Gasteiger partial charge in [-0.3, -0.25) is 9.89 Å². The number of aryl methyl sites for hydroxylation is 1. The van der Waals surface area contributed by atoms with Gasteiger partial charge in [-0.1, -0.05) is 6.42 Å². The molecule has 11 heteroatoms. The van der Waals surface area contributed by atoms with E-state index in [0.717, 1.165) is 18.5 Å². The maximum absolute atomic E-state index is 12.1. The summed E-state index contributed by atoms with van der Waals surface area (Å²) in [7, 11) is 3.36. The molecule has 2 aromatic heterocycles. The van der Waals surface area contributed by atoms with Crippen LogP contribution in [0.15, 0.2) is 12.1 Å². The summed E-state index contributed by atoms with van der Waals surface area (Å²) in [6.45, 7) is 8.85. The molecule has 3 N–H and O–H groups in total. The second-order valence-electron chi connectivity index (χ2n) is 10.4. The molecule has 0 aliphatic carbocycles. The van der Waals surface area contributed by atoms with Crippen LogP contribution in [0.3, 0.4) is 0 Å². The van der Waals surface area contributed by atoms with Crippen LogP contribution in [-0.4, -0.2) is 70.0 Å². The summed E-state index contributed by atoms with van der Waals surface area (Å²) in [6, 6.07) is 4.90. The summed E-state index contributed by atoms with van der Waals surface area (Å²) in [5.41, 5.74) is 0.831. The van der Waals surface area contributed by atoms with Gasteiger partial charge in [0.05, 0.1) is 7.11 Å². The molecular weight excluding hydrogens is 462 g/mol. The second kappa shape index (κ2) is 11.7. The number of rotatable bonds is 5. The van der Waals surface area contributed by atoms with Crippen molar-refractivity contribution in [2.75, 3.05) is 24.4 Å². The van der Waals surface area contributed by atoms with E-state index in [1.54, 1.807) is 6.07 Å². The third kappa shape index (κ3) is 7.91. The normalized spacial score (nSPS) is 21.0. The van der Waals surface area contributed by atoms with E-state index >= 15 is 0 Å². The lowest BCUT2D eigenvalue weighted by Gasteiger charge is -2.43. The van der Waals surface area contributed by atoms with Crippen LogP contribution in [0.5, 0.6) is 0 Å². The molecule has 4 rings (SSSR count). The van der Waals surface area contributed by atoms with E-state index in [4.69, 9.17) is 9.47 Å². The third-order valence-corrected chi connectivity index (χ3v) is 6.07. The van der Waals surface area contributed by atoms with Gasteiger partial charge in [0, 0.05) is 49.9 Å². The molecule has 0 saturated carbocycles. The van der Waals surface area contributed by atoms with Crippen LogP contribution in [0.4, 0.5) is 17.6 Å². The lowest BCUT2D eigenvalue weighted by atomic mass is 9.83. The van der Waals surface area contributed by atoms with Gasteiger partial charge in [0.15, 0.2) is 11.5 Å². The summed E-state index contributed by atoms with van der Waals surface area (Å²) < 4.78 is 9.68. The van der Waals surface area contributed by atoms with Crippen molar-refractivity contribution in [1.82, 2.24) is 25.5 Å². The molecule has 2 aromatic rings. The largest absolute Gasteiger partial charge is 0.464 e. The van der Waals surface area contributed by atoms with Crippen molar-refractivity contribution in [3.05, 3.63) is 23.5 Å². The molecule has 2 aliphatic heterocycles. The van der Waals surface area contributed by atoms with Crippen LogP contribution >= 0.6 is 0 Å². The molecule has 0 amide bonds. The summed E-state index contributed by atoms with van der Waals surface area (Å²) in [4.78, 5) is 33.6. The molecule has 2 saturated heterocycles. The third-order valence-electron chi connectivity index (χ3n) is 6.07. The minimum Gasteiger partial charge on any atom is -0.464 e. The molecule has 36 heavy (non-hydrogen) atoms. The van der Waals surface area contributed by atoms with Gasteiger partial charge in [-0.15, -0.1) is 0 Å². The maximum atomic E-state index is 12.1. The fourth-order valence-electron chi connectivity index (χ4n) is 4.62. The number of H-pyrrole nitrogens is 1. The highest BCUT2D eigenvalue weighted by atomic mass is 16.6. The lowest BCUT2D eigenvalue weighted by molar-refractivity contribution is -0.151. The number of hydrogen-bond donors (Lipinski definition) is 3. The Hall–Kier alpha value is -3.21. The average molecular weight is 502 g/mol. The Morgan fingerprint density at radius 3 is 2.28 bits per heavy atom. The number of carbonyl (C=O) groups excluding carboxylic acids is 2. The van der Waals surface area contributed by atoms with Crippen LogP contribution in [0, 0.1) is 6.92 Å². The molecular formula is C25H39N7O4. The van der Waals surface area contributed by atoms with Crippen molar-refractivity contribution in [1.29, 1.82) is 0 Å². The smallest absolute Gasteiger partial charge is 0.356 e. The van der Waals surface area contributed by atoms with Crippen LogP contribution in [0.25, 0.3) is 0 Å². The Morgan fingerprint density at radius 1 is 1.11 bits per heavy atom. The number of esters is 2. The van der Waals surface area contributed by atoms with Crippen molar-refractivity contribution in [3.63, 3.8) is 0 Å². The Labute approximate surface area is 212 Å². The monoisotopic (exact) mass is 501 g/mol. The molecule has 4 heterocycles. The minimum absolute atomic E-state index is 0.225. The van der Waals surface area contributed by atoms with E-state index in [2.05, 4.69) is 35.7 Å². The number of aromatic nitrogens is 4. The molecule has 198 valence electrons. The lowest BCUT2D eigenvalue weighted by Crippen LogP contribution is -2.54.